The van der Waals surface area contributed by atoms with E-state index in [4.69, 9.17) is 0 Å². The summed E-state index contributed by atoms with van der Waals surface area (Å²) in [6.45, 7) is 7.24. The quantitative estimate of drug-likeness (QED) is 0.805. The van der Waals surface area contributed by atoms with Crippen LogP contribution in [-0.4, -0.2) is 35.3 Å². The van der Waals surface area contributed by atoms with Crippen LogP contribution in [0.15, 0.2) is 11.6 Å². The smallest absolute Gasteiger partial charge is 0.225 e. The summed E-state index contributed by atoms with van der Waals surface area (Å²) in [5.74, 6) is -0.0722. The molecule has 1 unspecified atom stereocenters. The van der Waals surface area contributed by atoms with Crippen LogP contribution in [0.5, 0.6) is 0 Å². The second-order valence-electron chi connectivity index (χ2n) is 6.90. The molecule has 112 valence electrons. The Bertz CT molecular complexity index is 421. The lowest BCUT2D eigenvalue weighted by atomic mass is 9.99. The lowest BCUT2D eigenvalue weighted by Crippen LogP contribution is -2.43. The lowest BCUT2D eigenvalue weighted by molar-refractivity contribution is -0.132. The molecule has 1 heterocycles. The van der Waals surface area contributed by atoms with Gasteiger partial charge < -0.3 is 10.2 Å². The fourth-order valence-electron chi connectivity index (χ4n) is 2.94. The zero-order chi connectivity index (χ0) is 14.8. The van der Waals surface area contributed by atoms with E-state index in [9.17, 15) is 9.59 Å². The van der Waals surface area contributed by atoms with Gasteiger partial charge in [0.2, 0.25) is 11.8 Å². The molecule has 0 spiro atoms. The van der Waals surface area contributed by atoms with Crippen LogP contribution in [0.4, 0.5) is 0 Å². The Morgan fingerprint density at radius 2 is 2.15 bits per heavy atom. The molecule has 20 heavy (non-hydrogen) atoms. The van der Waals surface area contributed by atoms with Crippen molar-refractivity contribution in [1.29, 1.82) is 0 Å². The summed E-state index contributed by atoms with van der Waals surface area (Å²) in [5, 5.41) is 3.00. The van der Waals surface area contributed by atoms with Crippen LogP contribution in [0.1, 0.15) is 52.9 Å². The number of allylic oxidation sites excluding steroid dienone is 1. The average molecular weight is 278 g/mol. The van der Waals surface area contributed by atoms with Gasteiger partial charge in [-0.05, 0) is 46.5 Å². The van der Waals surface area contributed by atoms with Gasteiger partial charge in [0.1, 0.15) is 0 Å². The summed E-state index contributed by atoms with van der Waals surface area (Å²) in [6, 6.07) is 0. The zero-order valence-corrected chi connectivity index (χ0v) is 12.9. The van der Waals surface area contributed by atoms with Crippen LogP contribution < -0.4 is 5.32 Å². The number of nitrogens with one attached hydrogen (secondary N) is 1. The lowest BCUT2D eigenvalue weighted by Gasteiger charge is -2.32. The van der Waals surface area contributed by atoms with Crippen molar-refractivity contribution in [2.45, 2.75) is 58.4 Å². The molecule has 2 aliphatic rings. The molecule has 1 fully saturated rings. The number of carbonyl (C=O) groups excluding carboxylic acids is 2. The molecule has 1 atom stereocenters. The first-order valence-electron chi connectivity index (χ1n) is 7.64. The summed E-state index contributed by atoms with van der Waals surface area (Å²) in [5.41, 5.74) is 1.14. The first-order chi connectivity index (χ1) is 9.38. The maximum atomic E-state index is 12.2. The SMILES string of the molecule is CC(C)(C)N1CC(C(=O)NCC2=CCCCC2)CC1=O. The largest absolute Gasteiger partial charge is 0.352 e. The van der Waals surface area contributed by atoms with Gasteiger partial charge in [-0.1, -0.05) is 11.6 Å². The summed E-state index contributed by atoms with van der Waals surface area (Å²) < 4.78 is 0. The van der Waals surface area contributed by atoms with Crippen molar-refractivity contribution in [2.75, 3.05) is 13.1 Å². The molecule has 1 saturated heterocycles. The summed E-state index contributed by atoms with van der Waals surface area (Å²) in [4.78, 5) is 26.0. The van der Waals surface area contributed by atoms with Gasteiger partial charge in [0.25, 0.3) is 0 Å². The number of amides is 2. The molecule has 1 N–H and O–H groups in total. The monoisotopic (exact) mass is 278 g/mol. The Hall–Kier alpha value is -1.32. The second kappa shape index (κ2) is 5.98. The minimum atomic E-state index is -0.196. The number of rotatable bonds is 3. The van der Waals surface area contributed by atoms with Gasteiger partial charge in [-0.15, -0.1) is 0 Å². The van der Waals surface area contributed by atoms with Crippen LogP contribution in [0, 0.1) is 5.92 Å². The van der Waals surface area contributed by atoms with Crippen molar-refractivity contribution in [1.82, 2.24) is 10.2 Å². The van der Waals surface area contributed by atoms with Gasteiger partial charge in [-0.3, -0.25) is 9.59 Å². The fourth-order valence-corrected chi connectivity index (χ4v) is 2.94. The number of hydrogen-bond acceptors (Lipinski definition) is 2. The van der Waals surface area contributed by atoms with E-state index in [-0.39, 0.29) is 23.3 Å². The molecule has 2 rings (SSSR count). The predicted octanol–water partition coefficient (Wildman–Crippen LogP) is 2.25. The summed E-state index contributed by atoms with van der Waals surface area (Å²) >= 11 is 0. The highest BCUT2D eigenvalue weighted by Gasteiger charge is 2.39. The van der Waals surface area contributed by atoms with E-state index in [1.165, 1.54) is 18.4 Å². The van der Waals surface area contributed by atoms with Crippen LogP contribution >= 0.6 is 0 Å². The van der Waals surface area contributed by atoms with E-state index in [1.807, 2.05) is 25.7 Å². The molecule has 2 amide bonds. The number of carbonyl (C=O) groups is 2. The van der Waals surface area contributed by atoms with Gasteiger partial charge in [0, 0.05) is 25.0 Å². The molecule has 0 saturated carbocycles. The highest BCUT2D eigenvalue weighted by molar-refractivity contribution is 5.89. The van der Waals surface area contributed by atoms with E-state index >= 15 is 0 Å². The third kappa shape index (κ3) is 3.62. The van der Waals surface area contributed by atoms with Crippen molar-refractivity contribution in [2.24, 2.45) is 5.92 Å². The highest BCUT2D eigenvalue weighted by atomic mass is 16.2. The standard InChI is InChI=1S/C16H26N2O2/c1-16(2,3)18-11-13(9-14(18)19)15(20)17-10-12-7-5-4-6-8-12/h7,13H,4-6,8-11H2,1-3H3,(H,17,20). The minimum absolute atomic E-state index is 0.0246. The number of nitrogens with zero attached hydrogens (tertiary/aromatic N) is 1. The first kappa shape index (κ1) is 15.1. The molecular weight excluding hydrogens is 252 g/mol. The van der Waals surface area contributed by atoms with Crippen LogP contribution in [-0.2, 0) is 9.59 Å². The molecule has 0 aromatic carbocycles. The van der Waals surface area contributed by atoms with Crippen molar-refractivity contribution in [3.05, 3.63) is 11.6 Å². The highest BCUT2D eigenvalue weighted by Crippen LogP contribution is 2.26. The van der Waals surface area contributed by atoms with Crippen molar-refractivity contribution in [3.8, 4) is 0 Å². The molecule has 0 aromatic heterocycles. The summed E-state index contributed by atoms with van der Waals surface area (Å²) in [6.07, 6.45) is 7.30. The maximum Gasteiger partial charge on any atom is 0.225 e. The molecule has 0 radical (unpaired) electrons. The van der Waals surface area contributed by atoms with E-state index in [0.29, 0.717) is 19.5 Å². The van der Waals surface area contributed by atoms with E-state index in [0.717, 1.165) is 12.8 Å². The fraction of sp³-hybridized carbons (Fsp3) is 0.750. The Kier molecular flexibility index (Phi) is 4.51. The molecular formula is C16H26N2O2. The summed E-state index contributed by atoms with van der Waals surface area (Å²) in [7, 11) is 0. The van der Waals surface area contributed by atoms with Gasteiger partial charge in [-0.25, -0.2) is 0 Å². The third-order valence-corrected chi connectivity index (χ3v) is 4.18. The van der Waals surface area contributed by atoms with Gasteiger partial charge in [0.05, 0.1) is 5.92 Å². The van der Waals surface area contributed by atoms with Crippen molar-refractivity contribution in [3.63, 3.8) is 0 Å². The number of likely N-dealkylation sites (tertiary alicyclic amines) is 1. The topological polar surface area (TPSA) is 49.4 Å². The molecule has 4 heteroatoms. The van der Waals surface area contributed by atoms with E-state index in [2.05, 4.69) is 11.4 Å². The Balaban J connectivity index is 1.85. The second-order valence-corrected chi connectivity index (χ2v) is 6.90. The predicted molar refractivity (Wildman–Crippen MR) is 79.1 cm³/mol. The molecule has 1 aliphatic heterocycles. The third-order valence-electron chi connectivity index (χ3n) is 4.18. The first-order valence-corrected chi connectivity index (χ1v) is 7.64. The molecule has 4 nitrogen and oxygen atoms in total. The Morgan fingerprint density at radius 1 is 1.40 bits per heavy atom. The molecule has 0 bridgehead atoms. The van der Waals surface area contributed by atoms with Crippen LogP contribution in [0.25, 0.3) is 0 Å². The van der Waals surface area contributed by atoms with Crippen LogP contribution in [0.3, 0.4) is 0 Å². The Morgan fingerprint density at radius 3 is 2.70 bits per heavy atom. The normalized spacial score (nSPS) is 23.8. The number of hydrogen-bond donors (Lipinski definition) is 1. The van der Waals surface area contributed by atoms with Crippen molar-refractivity contribution < 1.29 is 9.59 Å². The Labute approximate surface area is 121 Å². The van der Waals surface area contributed by atoms with Gasteiger partial charge in [-0.2, -0.15) is 0 Å². The minimum Gasteiger partial charge on any atom is -0.352 e. The van der Waals surface area contributed by atoms with Gasteiger partial charge >= 0.3 is 0 Å². The van der Waals surface area contributed by atoms with Crippen molar-refractivity contribution >= 4 is 11.8 Å². The molecule has 1 aliphatic carbocycles. The van der Waals surface area contributed by atoms with Gasteiger partial charge in [0.15, 0.2) is 0 Å². The zero-order valence-electron chi connectivity index (χ0n) is 12.9. The maximum absolute atomic E-state index is 12.2. The van der Waals surface area contributed by atoms with E-state index in [1.54, 1.807) is 0 Å². The molecule has 0 aromatic rings. The van der Waals surface area contributed by atoms with E-state index < -0.39 is 0 Å². The average Bonchev–Trinajstić information content (AvgIpc) is 2.79. The van der Waals surface area contributed by atoms with Crippen LogP contribution in [0.2, 0.25) is 0 Å².